The summed E-state index contributed by atoms with van der Waals surface area (Å²) in [6, 6.07) is 10.5. The average Bonchev–Trinajstić information content (AvgIpc) is 2.99. The Morgan fingerprint density at radius 3 is 2.86 bits per heavy atom. The van der Waals surface area contributed by atoms with E-state index in [9.17, 15) is 0 Å². The quantitative estimate of drug-likeness (QED) is 0.939. The zero-order valence-electron chi connectivity index (χ0n) is 12.7. The fourth-order valence-corrected chi connectivity index (χ4v) is 3.24. The lowest BCUT2D eigenvalue weighted by Crippen LogP contribution is -2.40. The van der Waals surface area contributed by atoms with Crippen molar-refractivity contribution in [2.75, 3.05) is 19.6 Å². The van der Waals surface area contributed by atoms with Crippen LogP contribution in [0.15, 0.2) is 42.7 Å². The molecule has 0 bridgehead atoms. The van der Waals surface area contributed by atoms with Crippen molar-refractivity contribution >= 4 is 0 Å². The molecule has 112 valence electrons. The molecule has 1 saturated heterocycles. The molecule has 2 N–H and O–H groups in total. The fraction of sp³-hybridized carbons (Fsp3) is 0.471. The summed E-state index contributed by atoms with van der Waals surface area (Å²) in [7, 11) is 0. The van der Waals surface area contributed by atoms with Gasteiger partial charge in [0, 0.05) is 24.8 Å². The molecule has 0 aliphatic carbocycles. The van der Waals surface area contributed by atoms with E-state index in [4.69, 9.17) is 5.73 Å². The minimum Gasteiger partial charge on any atom is -0.329 e. The largest absolute Gasteiger partial charge is 0.329 e. The van der Waals surface area contributed by atoms with Crippen LogP contribution in [0.5, 0.6) is 0 Å². The lowest BCUT2D eigenvalue weighted by Gasteiger charge is -2.36. The Labute approximate surface area is 126 Å². The first kappa shape index (κ1) is 14.3. The normalized spacial score (nSPS) is 21.3. The molecule has 0 amide bonds. The molecule has 1 aliphatic rings. The van der Waals surface area contributed by atoms with Crippen molar-refractivity contribution in [1.29, 1.82) is 0 Å². The topological polar surface area (TPSA) is 47.1 Å². The molecule has 4 nitrogen and oxygen atoms in total. The molecular weight excluding hydrogens is 260 g/mol. The van der Waals surface area contributed by atoms with Crippen LogP contribution in [0.3, 0.4) is 0 Å². The molecule has 21 heavy (non-hydrogen) atoms. The monoisotopic (exact) mass is 284 g/mol. The first-order chi connectivity index (χ1) is 10.3. The zero-order valence-corrected chi connectivity index (χ0v) is 12.7. The van der Waals surface area contributed by atoms with Crippen molar-refractivity contribution in [1.82, 2.24) is 14.7 Å². The summed E-state index contributed by atoms with van der Waals surface area (Å²) < 4.78 is 1.94. The third-order valence-electron chi connectivity index (χ3n) is 4.36. The summed E-state index contributed by atoms with van der Waals surface area (Å²) in [5.74, 6) is 0.761. The highest BCUT2D eigenvalue weighted by Gasteiger charge is 2.25. The summed E-state index contributed by atoms with van der Waals surface area (Å²) in [6.07, 6.45) is 6.68. The van der Waals surface area contributed by atoms with Crippen LogP contribution >= 0.6 is 0 Å². The third kappa shape index (κ3) is 3.17. The van der Waals surface area contributed by atoms with Crippen LogP contribution in [0.2, 0.25) is 0 Å². The van der Waals surface area contributed by atoms with Crippen molar-refractivity contribution in [3.63, 3.8) is 0 Å². The molecule has 1 aromatic heterocycles. The smallest absolute Gasteiger partial charge is 0.0645 e. The minimum absolute atomic E-state index is 0.283. The van der Waals surface area contributed by atoms with E-state index in [-0.39, 0.29) is 6.04 Å². The summed E-state index contributed by atoms with van der Waals surface area (Å²) >= 11 is 0. The second-order valence-corrected chi connectivity index (χ2v) is 6.05. The standard InChI is InChI=1S/C17H24N4/c1-14-6-5-9-20(12-14)17(10-18)15-11-19-21(13-15)16-7-3-2-4-8-16/h2-4,7-8,11,13-14,17H,5-6,9-10,12,18H2,1H3. The maximum absolute atomic E-state index is 6.05. The predicted octanol–water partition coefficient (Wildman–Crippen LogP) is 2.60. The molecule has 0 spiro atoms. The highest BCUT2D eigenvalue weighted by Crippen LogP contribution is 2.26. The maximum atomic E-state index is 6.05. The van der Waals surface area contributed by atoms with Crippen LogP contribution in [0.1, 0.15) is 31.4 Å². The Balaban J connectivity index is 1.80. The van der Waals surface area contributed by atoms with Gasteiger partial charge < -0.3 is 5.73 Å². The second-order valence-electron chi connectivity index (χ2n) is 6.05. The number of nitrogens with two attached hydrogens (primary N) is 1. The number of hydrogen-bond acceptors (Lipinski definition) is 3. The van der Waals surface area contributed by atoms with Gasteiger partial charge in [0.1, 0.15) is 0 Å². The highest BCUT2D eigenvalue weighted by atomic mass is 15.3. The molecule has 1 aliphatic heterocycles. The van der Waals surface area contributed by atoms with Gasteiger partial charge in [0.15, 0.2) is 0 Å². The summed E-state index contributed by atoms with van der Waals surface area (Å²) in [6.45, 7) is 5.25. The van der Waals surface area contributed by atoms with Gasteiger partial charge in [0.25, 0.3) is 0 Å². The number of piperidine rings is 1. The van der Waals surface area contributed by atoms with E-state index in [1.165, 1.54) is 18.4 Å². The second kappa shape index (κ2) is 6.41. The number of benzene rings is 1. The number of rotatable bonds is 4. The van der Waals surface area contributed by atoms with Gasteiger partial charge in [-0.05, 0) is 37.4 Å². The van der Waals surface area contributed by atoms with E-state index in [1.807, 2.05) is 29.1 Å². The van der Waals surface area contributed by atoms with E-state index in [0.29, 0.717) is 6.54 Å². The van der Waals surface area contributed by atoms with Gasteiger partial charge in [-0.3, -0.25) is 4.90 Å². The van der Waals surface area contributed by atoms with Crippen LogP contribution in [-0.4, -0.2) is 34.3 Å². The molecule has 1 aromatic carbocycles. The van der Waals surface area contributed by atoms with Crippen molar-refractivity contribution in [3.8, 4) is 5.69 Å². The SMILES string of the molecule is CC1CCCN(C(CN)c2cnn(-c3ccccc3)c2)C1. The van der Waals surface area contributed by atoms with Gasteiger partial charge in [-0.1, -0.05) is 25.1 Å². The molecule has 0 radical (unpaired) electrons. The number of aromatic nitrogens is 2. The Hall–Kier alpha value is -1.65. The van der Waals surface area contributed by atoms with E-state index in [0.717, 1.165) is 24.7 Å². The van der Waals surface area contributed by atoms with Gasteiger partial charge in [0.2, 0.25) is 0 Å². The van der Waals surface area contributed by atoms with Gasteiger partial charge in [-0.2, -0.15) is 5.10 Å². The molecule has 1 fully saturated rings. The first-order valence-electron chi connectivity index (χ1n) is 7.82. The predicted molar refractivity (Wildman–Crippen MR) is 85.3 cm³/mol. The van der Waals surface area contributed by atoms with Gasteiger partial charge >= 0.3 is 0 Å². The Morgan fingerprint density at radius 2 is 2.14 bits per heavy atom. The maximum Gasteiger partial charge on any atom is 0.0645 e. The first-order valence-corrected chi connectivity index (χ1v) is 7.82. The molecule has 2 atom stereocenters. The van der Waals surface area contributed by atoms with Crippen molar-refractivity contribution in [3.05, 3.63) is 48.3 Å². The van der Waals surface area contributed by atoms with Crippen LogP contribution < -0.4 is 5.73 Å². The average molecular weight is 284 g/mol. The molecule has 2 aromatic rings. The molecule has 2 unspecified atom stereocenters. The van der Waals surface area contributed by atoms with E-state index < -0.39 is 0 Å². The lowest BCUT2D eigenvalue weighted by atomic mass is 9.97. The van der Waals surface area contributed by atoms with Crippen molar-refractivity contribution < 1.29 is 0 Å². The summed E-state index contributed by atoms with van der Waals surface area (Å²) in [5, 5.41) is 4.50. The Bertz CT molecular complexity index is 563. The number of para-hydroxylation sites is 1. The van der Waals surface area contributed by atoms with Crippen LogP contribution in [-0.2, 0) is 0 Å². The van der Waals surface area contributed by atoms with Gasteiger partial charge in [-0.25, -0.2) is 4.68 Å². The molecule has 4 heteroatoms. The summed E-state index contributed by atoms with van der Waals surface area (Å²) in [5.41, 5.74) is 8.36. The van der Waals surface area contributed by atoms with E-state index in [2.05, 4.69) is 35.3 Å². The lowest BCUT2D eigenvalue weighted by molar-refractivity contribution is 0.133. The Morgan fingerprint density at radius 1 is 1.33 bits per heavy atom. The highest BCUT2D eigenvalue weighted by molar-refractivity contribution is 5.31. The minimum atomic E-state index is 0.283. The molecule has 3 rings (SSSR count). The van der Waals surface area contributed by atoms with Crippen molar-refractivity contribution in [2.45, 2.75) is 25.8 Å². The zero-order chi connectivity index (χ0) is 14.7. The number of likely N-dealkylation sites (tertiary alicyclic amines) is 1. The van der Waals surface area contributed by atoms with Gasteiger partial charge in [0.05, 0.1) is 17.9 Å². The number of nitrogens with zero attached hydrogens (tertiary/aromatic N) is 3. The fourth-order valence-electron chi connectivity index (χ4n) is 3.24. The Kier molecular flexibility index (Phi) is 4.36. The molecule has 2 heterocycles. The molecule has 0 saturated carbocycles. The third-order valence-corrected chi connectivity index (χ3v) is 4.36. The number of hydrogen-bond donors (Lipinski definition) is 1. The van der Waals surface area contributed by atoms with E-state index >= 15 is 0 Å². The molecular formula is C17H24N4. The van der Waals surface area contributed by atoms with Gasteiger partial charge in [-0.15, -0.1) is 0 Å². The van der Waals surface area contributed by atoms with E-state index in [1.54, 1.807) is 0 Å². The van der Waals surface area contributed by atoms with Crippen LogP contribution in [0.25, 0.3) is 5.69 Å². The van der Waals surface area contributed by atoms with Crippen molar-refractivity contribution in [2.24, 2.45) is 11.7 Å². The summed E-state index contributed by atoms with van der Waals surface area (Å²) in [4.78, 5) is 2.51. The van der Waals surface area contributed by atoms with Crippen LogP contribution in [0, 0.1) is 5.92 Å². The van der Waals surface area contributed by atoms with Crippen LogP contribution in [0.4, 0.5) is 0 Å².